The van der Waals surface area contributed by atoms with Crippen molar-refractivity contribution in [3.05, 3.63) is 12.7 Å². The van der Waals surface area contributed by atoms with Gasteiger partial charge in [-0.05, 0) is 26.3 Å². The molecule has 1 nitrogen and oxygen atoms in total. The van der Waals surface area contributed by atoms with Crippen LogP contribution in [0.3, 0.4) is 0 Å². The SMILES string of the molecule is [CH]=CCCC(CCC)NC. The number of nitrogens with one attached hydrogen (secondary N) is 1. The summed E-state index contributed by atoms with van der Waals surface area (Å²) in [4.78, 5) is 0. The monoisotopic (exact) mass is 140 g/mol. The van der Waals surface area contributed by atoms with Crippen molar-refractivity contribution in [2.45, 2.75) is 38.6 Å². The highest BCUT2D eigenvalue weighted by Crippen LogP contribution is 2.03. The minimum Gasteiger partial charge on any atom is -0.317 e. The minimum atomic E-state index is 0.657. The van der Waals surface area contributed by atoms with Gasteiger partial charge in [-0.2, -0.15) is 0 Å². The first-order chi connectivity index (χ1) is 4.85. The van der Waals surface area contributed by atoms with E-state index in [-0.39, 0.29) is 0 Å². The Kier molecular flexibility index (Phi) is 6.61. The molecule has 0 heterocycles. The van der Waals surface area contributed by atoms with Crippen LogP contribution in [0.25, 0.3) is 0 Å². The smallest absolute Gasteiger partial charge is 0.00669 e. The minimum absolute atomic E-state index is 0.657. The van der Waals surface area contributed by atoms with Gasteiger partial charge in [0.15, 0.2) is 0 Å². The molecule has 1 N–H and O–H groups in total. The molecule has 0 aliphatic rings. The lowest BCUT2D eigenvalue weighted by Gasteiger charge is -2.12. The first-order valence-corrected chi connectivity index (χ1v) is 4.05. The van der Waals surface area contributed by atoms with Gasteiger partial charge < -0.3 is 5.32 Å². The molecule has 0 amide bonds. The lowest BCUT2D eigenvalue weighted by Crippen LogP contribution is -2.24. The van der Waals surface area contributed by atoms with Crippen LogP contribution in [0.4, 0.5) is 0 Å². The number of hydrogen-bond donors (Lipinski definition) is 1. The summed E-state index contributed by atoms with van der Waals surface area (Å²) >= 11 is 0. The van der Waals surface area contributed by atoms with E-state index in [0.717, 1.165) is 6.42 Å². The maximum atomic E-state index is 5.27. The van der Waals surface area contributed by atoms with Crippen LogP contribution in [-0.2, 0) is 0 Å². The van der Waals surface area contributed by atoms with Crippen molar-refractivity contribution < 1.29 is 0 Å². The molecule has 0 rings (SSSR count). The van der Waals surface area contributed by atoms with Gasteiger partial charge in [-0.1, -0.05) is 26.0 Å². The lowest BCUT2D eigenvalue weighted by atomic mass is 10.1. The molecule has 59 valence electrons. The molecule has 0 saturated carbocycles. The molecule has 0 bridgehead atoms. The fraction of sp³-hybridized carbons (Fsp3) is 0.778. The number of allylic oxidation sites excluding steroid dienone is 1. The summed E-state index contributed by atoms with van der Waals surface area (Å²) in [7, 11) is 2.01. The second-order valence-electron chi connectivity index (χ2n) is 2.59. The summed E-state index contributed by atoms with van der Waals surface area (Å²) in [6.45, 7) is 7.48. The van der Waals surface area contributed by atoms with Crippen LogP contribution in [0.5, 0.6) is 0 Å². The zero-order valence-corrected chi connectivity index (χ0v) is 7.06. The van der Waals surface area contributed by atoms with Crippen LogP contribution < -0.4 is 5.32 Å². The molecular weight excluding hydrogens is 122 g/mol. The fourth-order valence-electron chi connectivity index (χ4n) is 1.08. The highest BCUT2D eigenvalue weighted by molar-refractivity contribution is 4.70. The van der Waals surface area contributed by atoms with Crippen molar-refractivity contribution in [1.29, 1.82) is 0 Å². The van der Waals surface area contributed by atoms with Crippen LogP contribution in [0, 0.1) is 6.58 Å². The van der Waals surface area contributed by atoms with E-state index in [9.17, 15) is 0 Å². The van der Waals surface area contributed by atoms with Crippen LogP contribution in [-0.4, -0.2) is 13.1 Å². The van der Waals surface area contributed by atoms with Crippen molar-refractivity contribution in [3.63, 3.8) is 0 Å². The van der Waals surface area contributed by atoms with E-state index in [1.54, 1.807) is 6.08 Å². The molecule has 1 atom stereocenters. The summed E-state index contributed by atoms with van der Waals surface area (Å²) in [6.07, 6.45) is 6.42. The van der Waals surface area contributed by atoms with Gasteiger partial charge in [-0.3, -0.25) is 0 Å². The maximum Gasteiger partial charge on any atom is 0.00669 e. The summed E-state index contributed by atoms with van der Waals surface area (Å²) in [5.41, 5.74) is 0. The Morgan fingerprint density at radius 3 is 2.60 bits per heavy atom. The summed E-state index contributed by atoms with van der Waals surface area (Å²) in [5, 5.41) is 3.26. The Bertz CT molecular complexity index is 78.8. The van der Waals surface area contributed by atoms with Crippen molar-refractivity contribution in [1.82, 2.24) is 5.32 Å². The van der Waals surface area contributed by atoms with Gasteiger partial charge in [0.2, 0.25) is 0 Å². The molecule has 1 radical (unpaired) electrons. The Morgan fingerprint density at radius 2 is 2.20 bits per heavy atom. The van der Waals surface area contributed by atoms with Crippen LogP contribution in [0.1, 0.15) is 32.6 Å². The van der Waals surface area contributed by atoms with E-state index in [4.69, 9.17) is 6.58 Å². The van der Waals surface area contributed by atoms with Crippen molar-refractivity contribution in [2.24, 2.45) is 0 Å². The third-order valence-corrected chi connectivity index (χ3v) is 1.73. The highest BCUT2D eigenvalue weighted by Gasteiger charge is 2.01. The topological polar surface area (TPSA) is 12.0 Å². The molecule has 1 unspecified atom stereocenters. The molecule has 0 aliphatic carbocycles. The Hall–Kier alpha value is -0.300. The quantitative estimate of drug-likeness (QED) is 0.596. The third kappa shape index (κ3) is 4.57. The Labute approximate surface area is 64.5 Å². The fourth-order valence-corrected chi connectivity index (χ4v) is 1.08. The molecule has 1 heteroatoms. The van der Waals surface area contributed by atoms with Gasteiger partial charge in [-0.15, -0.1) is 0 Å². The van der Waals surface area contributed by atoms with Crippen LogP contribution >= 0.6 is 0 Å². The molecule has 0 aromatic rings. The van der Waals surface area contributed by atoms with Crippen molar-refractivity contribution >= 4 is 0 Å². The van der Waals surface area contributed by atoms with E-state index in [0.29, 0.717) is 6.04 Å². The van der Waals surface area contributed by atoms with Crippen molar-refractivity contribution in [3.8, 4) is 0 Å². The van der Waals surface area contributed by atoms with E-state index in [1.165, 1.54) is 19.3 Å². The van der Waals surface area contributed by atoms with Gasteiger partial charge in [0.25, 0.3) is 0 Å². The summed E-state index contributed by atoms with van der Waals surface area (Å²) in [6, 6.07) is 0.657. The molecule has 0 saturated heterocycles. The van der Waals surface area contributed by atoms with E-state index in [2.05, 4.69) is 12.2 Å². The van der Waals surface area contributed by atoms with E-state index >= 15 is 0 Å². The van der Waals surface area contributed by atoms with E-state index in [1.807, 2.05) is 7.05 Å². The van der Waals surface area contributed by atoms with E-state index < -0.39 is 0 Å². The van der Waals surface area contributed by atoms with Gasteiger partial charge in [0.1, 0.15) is 0 Å². The summed E-state index contributed by atoms with van der Waals surface area (Å²) < 4.78 is 0. The first-order valence-electron chi connectivity index (χ1n) is 4.05. The zero-order valence-electron chi connectivity index (χ0n) is 7.06. The van der Waals surface area contributed by atoms with Gasteiger partial charge in [0, 0.05) is 6.04 Å². The third-order valence-electron chi connectivity index (χ3n) is 1.73. The van der Waals surface area contributed by atoms with Gasteiger partial charge in [0.05, 0.1) is 0 Å². The second-order valence-corrected chi connectivity index (χ2v) is 2.59. The Balaban J connectivity index is 3.29. The average molecular weight is 140 g/mol. The molecule has 0 spiro atoms. The lowest BCUT2D eigenvalue weighted by molar-refractivity contribution is 0.487. The van der Waals surface area contributed by atoms with Crippen LogP contribution in [0.2, 0.25) is 0 Å². The normalized spacial score (nSPS) is 13.0. The summed E-state index contributed by atoms with van der Waals surface area (Å²) in [5.74, 6) is 0. The highest BCUT2D eigenvalue weighted by atomic mass is 14.9. The molecule has 0 fully saturated rings. The predicted octanol–water partition coefficient (Wildman–Crippen LogP) is 2.14. The molecule has 0 aromatic carbocycles. The standard InChI is InChI=1S/C9H18N/c1-4-6-8-9(10-3)7-5-2/h1,4,9-10H,5-8H2,2-3H3. The van der Waals surface area contributed by atoms with Gasteiger partial charge >= 0.3 is 0 Å². The molecule has 0 aliphatic heterocycles. The number of hydrogen-bond acceptors (Lipinski definition) is 1. The largest absolute Gasteiger partial charge is 0.317 e. The number of rotatable bonds is 6. The second kappa shape index (κ2) is 6.81. The predicted molar refractivity (Wildman–Crippen MR) is 45.9 cm³/mol. The first kappa shape index (κ1) is 9.70. The molecule has 10 heavy (non-hydrogen) atoms. The molecular formula is C9H18N. The van der Waals surface area contributed by atoms with Crippen LogP contribution in [0.15, 0.2) is 6.08 Å². The Morgan fingerprint density at radius 1 is 1.50 bits per heavy atom. The zero-order chi connectivity index (χ0) is 7.82. The average Bonchev–Trinajstić information content (AvgIpc) is 1.98. The van der Waals surface area contributed by atoms with Gasteiger partial charge in [-0.25, -0.2) is 0 Å². The molecule has 0 aromatic heterocycles. The van der Waals surface area contributed by atoms with Crippen molar-refractivity contribution in [2.75, 3.05) is 7.05 Å². The maximum absolute atomic E-state index is 5.27.